The zero-order chi connectivity index (χ0) is 14.8. The summed E-state index contributed by atoms with van der Waals surface area (Å²) in [6, 6.07) is 9.39. The first-order valence-corrected chi connectivity index (χ1v) is 6.85. The summed E-state index contributed by atoms with van der Waals surface area (Å²) in [5.41, 5.74) is 0.360. The van der Waals surface area contributed by atoms with E-state index in [1.807, 2.05) is 24.3 Å². The van der Waals surface area contributed by atoms with E-state index in [-0.39, 0.29) is 30.4 Å². The molecule has 2 aromatic rings. The van der Waals surface area contributed by atoms with Crippen molar-refractivity contribution in [2.45, 2.75) is 19.3 Å². The minimum absolute atomic E-state index is 0.0878. The molecular formula is C16H14N2O3. The fraction of sp³-hybridized carbons (Fsp3) is 0.250. The fourth-order valence-electron chi connectivity index (χ4n) is 2.50. The average molecular weight is 282 g/mol. The standard InChI is InChI=1S/C16H14N2O3/c19-14(8-11-5-6-15(20)18-16(11)21)13-7-10-3-1-2-4-12(10)9-17-13/h1-4,7,9,11H,5-6,8H2,(H,18,20,21). The van der Waals surface area contributed by atoms with Crippen LogP contribution in [-0.2, 0) is 9.59 Å². The van der Waals surface area contributed by atoms with Crippen LogP contribution >= 0.6 is 0 Å². The predicted octanol–water partition coefficient (Wildman–Crippen LogP) is 1.86. The van der Waals surface area contributed by atoms with Crippen molar-refractivity contribution in [3.05, 3.63) is 42.2 Å². The van der Waals surface area contributed by atoms with Crippen molar-refractivity contribution in [1.29, 1.82) is 0 Å². The molecule has 1 unspecified atom stereocenters. The molecule has 0 bridgehead atoms. The number of amides is 2. The molecule has 1 N–H and O–H groups in total. The number of aromatic nitrogens is 1. The van der Waals surface area contributed by atoms with Crippen molar-refractivity contribution in [3.63, 3.8) is 0 Å². The number of hydrogen-bond donors (Lipinski definition) is 1. The highest BCUT2D eigenvalue weighted by atomic mass is 16.2. The van der Waals surface area contributed by atoms with Crippen LogP contribution in [0.2, 0.25) is 0 Å². The summed E-state index contributed by atoms with van der Waals surface area (Å²) in [5.74, 6) is -1.24. The highest BCUT2D eigenvalue weighted by Crippen LogP contribution is 2.20. The molecular weight excluding hydrogens is 268 g/mol. The van der Waals surface area contributed by atoms with Gasteiger partial charge in [-0.05, 0) is 17.9 Å². The van der Waals surface area contributed by atoms with E-state index >= 15 is 0 Å². The number of hydrogen-bond acceptors (Lipinski definition) is 4. The van der Waals surface area contributed by atoms with Crippen LogP contribution in [0.1, 0.15) is 29.8 Å². The molecule has 1 aliphatic heterocycles. The Morgan fingerprint density at radius 3 is 2.76 bits per heavy atom. The lowest BCUT2D eigenvalue weighted by Gasteiger charge is -2.19. The van der Waals surface area contributed by atoms with Gasteiger partial charge in [0.25, 0.3) is 0 Å². The molecule has 21 heavy (non-hydrogen) atoms. The second-order valence-electron chi connectivity index (χ2n) is 5.19. The van der Waals surface area contributed by atoms with Crippen molar-refractivity contribution in [1.82, 2.24) is 10.3 Å². The van der Waals surface area contributed by atoms with E-state index in [1.165, 1.54) is 0 Å². The first-order chi connectivity index (χ1) is 10.1. The molecule has 1 fully saturated rings. The van der Waals surface area contributed by atoms with Gasteiger partial charge in [0, 0.05) is 30.3 Å². The molecule has 2 heterocycles. The molecule has 1 aliphatic rings. The van der Waals surface area contributed by atoms with Crippen LogP contribution in [0.5, 0.6) is 0 Å². The Kier molecular flexibility index (Phi) is 3.48. The predicted molar refractivity (Wildman–Crippen MR) is 76.6 cm³/mol. The number of carbonyl (C=O) groups excluding carboxylic acids is 3. The smallest absolute Gasteiger partial charge is 0.230 e. The first kappa shape index (κ1) is 13.4. The minimum Gasteiger partial charge on any atom is -0.296 e. The maximum atomic E-state index is 12.3. The number of Topliss-reactive ketones (excluding diaryl/α,β-unsaturated/α-hetero) is 1. The summed E-state index contributed by atoms with van der Waals surface area (Å²) in [4.78, 5) is 39.2. The Balaban J connectivity index is 1.77. The fourth-order valence-corrected chi connectivity index (χ4v) is 2.50. The van der Waals surface area contributed by atoms with Crippen molar-refractivity contribution >= 4 is 28.4 Å². The second kappa shape index (κ2) is 5.44. The highest BCUT2D eigenvalue weighted by Gasteiger charge is 2.29. The van der Waals surface area contributed by atoms with E-state index in [1.54, 1.807) is 12.3 Å². The van der Waals surface area contributed by atoms with Crippen molar-refractivity contribution in [2.24, 2.45) is 5.92 Å². The number of pyridine rings is 1. The van der Waals surface area contributed by atoms with E-state index in [0.29, 0.717) is 12.1 Å². The molecule has 5 nitrogen and oxygen atoms in total. The summed E-state index contributed by atoms with van der Waals surface area (Å²) in [5, 5.41) is 4.18. The lowest BCUT2D eigenvalue weighted by Crippen LogP contribution is -2.41. The van der Waals surface area contributed by atoms with E-state index < -0.39 is 5.92 Å². The Morgan fingerprint density at radius 2 is 2.00 bits per heavy atom. The molecule has 2 amide bonds. The number of imide groups is 1. The van der Waals surface area contributed by atoms with Gasteiger partial charge in [-0.3, -0.25) is 24.7 Å². The van der Waals surface area contributed by atoms with Crippen LogP contribution in [0, 0.1) is 5.92 Å². The largest absolute Gasteiger partial charge is 0.296 e. The zero-order valence-electron chi connectivity index (χ0n) is 11.3. The van der Waals surface area contributed by atoms with Crippen molar-refractivity contribution < 1.29 is 14.4 Å². The maximum absolute atomic E-state index is 12.3. The SMILES string of the molecule is O=C1CCC(CC(=O)c2cc3ccccc3cn2)C(=O)N1. The van der Waals surface area contributed by atoms with E-state index in [4.69, 9.17) is 0 Å². The normalized spacial score (nSPS) is 18.6. The van der Waals surface area contributed by atoms with Crippen LogP contribution in [0.25, 0.3) is 10.8 Å². The number of fused-ring (bicyclic) bond motifs is 1. The number of rotatable bonds is 3. The maximum Gasteiger partial charge on any atom is 0.230 e. The van der Waals surface area contributed by atoms with Gasteiger partial charge >= 0.3 is 0 Å². The molecule has 5 heteroatoms. The Hall–Kier alpha value is -2.56. The number of ketones is 1. The molecule has 3 rings (SSSR count). The Bertz CT molecular complexity index is 739. The number of carbonyl (C=O) groups is 3. The molecule has 1 atom stereocenters. The van der Waals surface area contributed by atoms with Crippen LogP contribution in [0.3, 0.4) is 0 Å². The van der Waals surface area contributed by atoms with Gasteiger partial charge < -0.3 is 0 Å². The minimum atomic E-state index is -0.441. The molecule has 1 aromatic carbocycles. The molecule has 0 spiro atoms. The Labute approximate surface area is 121 Å². The first-order valence-electron chi connectivity index (χ1n) is 6.85. The molecule has 0 saturated carbocycles. The molecule has 0 aliphatic carbocycles. The zero-order valence-corrected chi connectivity index (χ0v) is 11.3. The van der Waals surface area contributed by atoms with Gasteiger partial charge in [-0.15, -0.1) is 0 Å². The van der Waals surface area contributed by atoms with Crippen LogP contribution in [-0.4, -0.2) is 22.6 Å². The summed E-state index contributed by atoms with van der Waals surface area (Å²) >= 11 is 0. The summed E-state index contributed by atoms with van der Waals surface area (Å²) in [6.07, 6.45) is 2.45. The van der Waals surface area contributed by atoms with Gasteiger partial charge in [0.1, 0.15) is 5.69 Å². The van der Waals surface area contributed by atoms with Crippen molar-refractivity contribution in [2.75, 3.05) is 0 Å². The van der Waals surface area contributed by atoms with Crippen LogP contribution < -0.4 is 5.32 Å². The number of nitrogens with one attached hydrogen (secondary N) is 1. The lowest BCUT2D eigenvalue weighted by atomic mass is 9.92. The van der Waals surface area contributed by atoms with E-state index in [0.717, 1.165) is 10.8 Å². The number of nitrogens with zero attached hydrogens (tertiary/aromatic N) is 1. The Morgan fingerprint density at radius 1 is 1.24 bits per heavy atom. The van der Waals surface area contributed by atoms with Gasteiger partial charge in [-0.1, -0.05) is 24.3 Å². The summed E-state index contributed by atoms with van der Waals surface area (Å²) in [6.45, 7) is 0. The molecule has 106 valence electrons. The second-order valence-corrected chi connectivity index (χ2v) is 5.19. The van der Waals surface area contributed by atoms with E-state index in [9.17, 15) is 14.4 Å². The third kappa shape index (κ3) is 2.81. The molecule has 1 aromatic heterocycles. The summed E-state index contributed by atoms with van der Waals surface area (Å²) < 4.78 is 0. The number of piperidine rings is 1. The third-order valence-electron chi connectivity index (χ3n) is 3.70. The van der Waals surface area contributed by atoms with Gasteiger partial charge in [0.15, 0.2) is 5.78 Å². The topological polar surface area (TPSA) is 76.1 Å². The van der Waals surface area contributed by atoms with Crippen LogP contribution in [0.15, 0.2) is 36.5 Å². The molecule has 1 saturated heterocycles. The van der Waals surface area contributed by atoms with E-state index in [2.05, 4.69) is 10.3 Å². The van der Waals surface area contributed by atoms with Crippen LogP contribution in [0.4, 0.5) is 0 Å². The van der Waals surface area contributed by atoms with Crippen molar-refractivity contribution in [3.8, 4) is 0 Å². The van der Waals surface area contributed by atoms with Gasteiger partial charge in [-0.2, -0.15) is 0 Å². The molecule has 0 radical (unpaired) electrons. The van der Waals surface area contributed by atoms with Gasteiger partial charge in [0.2, 0.25) is 11.8 Å². The van der Waals surface area contributed by atoms with Gasteiger partial charge in [-0.25, -0.2) is 0 Å². The quantitative estimate of drug-likeness (QED) is 0.688. The highest BCUT2D eigenvalue weighted by molar-refractivity contribution is 6.03. The lowest BCUT2D eigenvalue weighted by molar-refractivity contribution is -0.136. The summed E-state index contributed by atoms with van der Waals surface area (Å²) in [7, 11) is 0. The third-order valence-corrected chi connectivity index (χ3v) is 3.70. The number of benzene rings is 1. The monoisotopic (exact) mass is 282 g/mol. The average Bonchev–Trinajstić information content (AvgIpc) is 2.49. The van der Waals surface area contributed by atoms with Gasteiger partial charge in [0.05, 0.1) is 0 Å².